The van der Waals surface area contributed by atoms with Crippen LogP contribution in [0.1, 0.15) is 24.5 Å². The van der Waals surface area contributed by atoms with Crippen molar-refractivity contribution in [1.82, 2.24) is 0 Å². The number of aliphatic hydroxyl groups is 1. The minimum absolute atomic E-state index is 0.144. The molecule has 0 heterocycles. The van der Waals surface area contributed by atoms with Gasteiger partial charge in [0.15, 0.2) is 0 Å². The quantitative estimate of drug-likeness (QED) is 0.676. The highest BCUT2D eigenvalue weighted by Gasteiger charge is 2.41. The van der Waals surface area contributed by atoms with E-state index < -0.39 is 5.60 Å². The molecule has 2 atom stereocenters. The van der Waals surface area contributed by atoms with Gasteiger partial charge in [0.05, 0.1) is 0 Å². The second-order valence-electron chi connectivity index (χ2n) is 3.75. The molecule has 2 rings (SSSR count). The molecule has 0 spiro atoms. The molecule has 70 valence electrons. The van der Waals surface area contributed by atoms with Gasteiger partial charge in [-0.2, -0.15) is 0 Å². The Morgan fingerprint density at radius 2 is 2.23 bits per heavy atom. The molecule has 0 amide bonds. The third-order valence-corrected chi connectivity index (χ3v) is 3.08. The van der Waals surface area contributed by atoms with Crippen LogP contribution < -0.4 is 5.73 Å². The lowest BCUT2D eigenvalue weighted by molar-refractivity contribution is 0.0173. The van der Waals surface area contributed by atoms with E-state index in [1.807, 2.05) is 31.2 Å². The Balaban J connectivity index is 2.52. The number of fused-ring (bicyclic) bond motifs is 1. The highest BCUT2D eigenvalue weighted by molar-refractivity contribution is 5.39. The topological polar surface area (TPSA) is 46.2 Å². The van der Waals surface area contributed by atoms with Gasteiger partial charge in [-0.1, -0.05) is 31.2 Å². The van der Waals surface area contributed by atoms with Gasteiger partial charge in [-0.25, -0.2) is 0 Å². The number of hydrogen-bond donors (Lipinski definition) is 2. The van der Waals surface area contributed by atoms with Gasteiger partial charge in [0.2, 0.25) is 0 Å². The van der Waals surface area contributed by atoms with E-state index in [4.69, 9.17) is 5.73 Å². The van der Waals surface area contributed by atoms with Gasteiger partial charge < -0.3 is 10.8 Å². The van der Waals surface area contributed by atoms with E-state index >= 15 is 0 Å². The Labute approximate surface area is 78.4 Å². The summed E-state index contributed by atoms with van der Waals surface area (Å²) < 4.78 is 0. The van der Waals surface area contributed by atoms with Crippen LogP contribution in [0.5, 0.6) is 0 Å². The molecule has 0 unspecified atom stereocenters. The van der Waals surface area contributed by atoms with Crippen molar-refractivity contribution < 1.29 is 5.11 Å². The van der Waals surface area contributed by atoms with E-state index in [0.717, 1.165) is 12.0 Å². The summed E-state index contributed by atoms with van der Waals surface area (Å²) in [7, 11) is 0. The Bertz CT molecular complexity index is 324. The van der Waals surface area contributed by atoms with Crippen molar-refractivity contribution in [1.29, 1.82) is 0 Å². The predicted octanol–water partition coefficient (Wildman–Crippen LogP) is 1.17. The molecular weight excluding hydrogens is 162 g/mol. The van der Waals surface area contributed by atoms with Crippen molar-refractivity contribution in [2.75, 3.05) is 0 Å². The van der Waals surface area contributed by atoms with Crippen LogP contribution in [0.3, 0.4) is 0 Å². The lowest BCUT2D eigenvalue weighted by Gasteiger charge is -2.27. The van der Waals surface area contributed by atoms with E-state index in [1.165, 1.54) is 5.56 Å². The van der Waals surface area contributed by atoms with Gasteiger partial charge >= 0.3 is 0 Å². The molecule has 0 radical (unpaired) electrons. The standard InChI is InChI=1S/C11H15NO/c1-2-11(13)9-6-4-3-5-8(9)7-10(11)12/h3-6,10,13H,2,7,12H2,1H3/t10-,11-/m0/s1. The van der Waals surface area contributed by atoms with Crippen LogP contribution in [-0.4, -0.2) is 11.1 Å². The summed E-state index contributed by atoms with van der Waals surface area (Å²) in [6, 6.07) is 7.83. The summed E-state index contributed by atoms with van der Waals surface area (Å²) >= 11 is 0. The number of rotatable bonds is 1. The average molecular weight is 177 g/mol. The molecule has 1 aliphatic rings. The SMILES string of the molecule is CC[C@]1(O)c2ccccc2C[C@@H]1N. The average Bonchev–Trinajstić information content (AvgIpc) is 2.41. The lowest BCUT2D eigenvalue weighted by atomic mass is 9.90. The highest BCUT2D eigenvalue weighted by atomic mass is 16.3. The molecule has 0 aromatic heterocycles. The molecule has 3 N–H and O–H groups in total. The number of hydrogen-bond acceptors (Lipinski definition) is 2. The maximum atomic E-state index is 10.3. The van der Waals surface area contributed by atoms with E-state index in [9.17, 15) is 5.11 Å². The molecule has 0 saturated carbocycles. The van der Waals surface area contributed by atoms with Crippen molar-refractivity contribution in [3.63, 3.8) is 0 Å². The first-order valence-corrected chi connectivity index (χ1v) is 4.75. The fourth-order valence-corrected chi connectivity index (χ4v) is 2.18. The molecule has 0 bridgehead atoms. The number of nitrogens with two attached hydrogens (primary N) is 1. The van der Waals surface area contributed by atoms with Gasteiger partial charge in [-0.15, -0.1) is 0 Å². The van der Waals surface area contributed by atoms with E-state index in [0.29, 0.717) is 6.42 Å². The smallest absolute Gasteiger partial charge is 0.105 e. The van der Waals surface area contributed by atoms with Crippen LogP contribution in [0.25, 0.3) is 0 Å². The summed E-state index contributed by atoms with van der Waals surface area (Å²) in [5, 5.41) is 10.3. The van der Waals surface area contributed by atoms with Crippen LogP contribution in [0.2, 0.25) is 0 Å². The second kappa shape index (κ2) is 2.82. The molecule has 2 nitrogen and oxygen atoms in total. The Morgan fingerprint density at radius 3 is 2.92 bits per heavy atom. The highest BCUT2D eigenvalue weighted by Crippen LogP contribution is 2.38. The molecule has 0 fully saturated rings. The molecule has 0 aliphatic heterocycles. The van der Waals surface area contributed by atoms with Gasteiger partial charge in [-0.05, 0) is 24.0 Å². The van der Waals surface area contributed by atoms with E-state index in [1.54, 1.807) is 0 Å². The Morgan fingerprint density at radius 1 is 1.54 bits per heavy atom. The van der Waals surface area contributed by atoms with Crippen LogP contribution in [-0.2, 0) is 12.0 Å². The monoisotopic (exact) mass is 177 g/mol. The van der Waals surface area contributed by atoms with Crippen molar-refractivity contribution in [3.8, 4) is 0 Å². The van der Waals surface area contributed by atoms with Crippen LogP contribution in [0.15, 0.2) is 24.3 Å². The van der Waals surface area contributed by atoms with Gasteiger partial charge in [0.25, 0.3) is 0 Å². The van der Waals surface area contributed by atoms with Gasteiger partial charge in [-0.3, -0.25) is 0 Å². The number of benzene rings is 1. The van der Waals surface area contributed by atoms with Crippen LogP contribution >= 0.6 is 0 Å². The largest absolute Gasteiger partial charge is 0.384 e. The first-order chi connectivity index (χ1) is 6.18. The zero-order valence-electron chi connectivity index (χ0n) is 7.83. The Kier molecular flexibility index (Phi) is 1.90. The van der Waals surface area contributed by atoms with Crippen molar-refractivity contribution >= 4 is 0 Å². The second-order valence-corrected chi connectivity index (χ2v) is 3.75. The maximum absolute atomic E-state index is 10.3. The van der Waals surface area contributed by atoms with Crippen molar-refractivity contribution in [2.45, 2.75) is 31.4 Å². The van der Waals surface area contributed by atoms with E-state index in [2.05, 4.69) is 0 Å². The van der Waals surface area contributed by atoms with Crippen LogP contribution in [0.4, 0.5) is 0 Å². The molecule has 2 heteroatoms. The molecule has 1 aromatic carbocycles. The summed E-state index contributed by atoms with van der Waals surface area (Å²) in [5.74, 6) is 0. The van der Waals surface area contributed by atoms with E-state index in [-0.39, 0.29) is 6.04 Å². The minimum atomic E-state index is -0.795. The first-order valence-electron chi connectivity index (χ1n) is 4.75. The zero-order valence-corrected chi connectivity index (χ0v) is 7.83. The summed E-state index contributed by atoms with van der Waals surface area (Å²) in [4.78, 5) is 0. The lowest BCUT2D eigenvalue weighted by Crippen LogP contribution is -2.41. The first kappa shape index (κ1) is 8.73. The summed E-state index contributed by atoms with van der Waals surface area (Å²) in [6.45, 7) is 1.97. The minimum Gasteiger partial charge on any atom is -0.384 e. The fraction of sp³-hybridized carbons (Fsp3) is 0.455. The summed E-state index contributed by atoms with van der Waals surface area (Å²) in [6.07, 6.45) is 1.48. The van der Waals surface area contributed by atoms with Crippen LogP contribution in [0, 0.1) is 0 Å². The fourth-order valence-electron chi connectivity index (χ4n) is 2.18. The molecule has 13 heavy (non-hydrogen) atoms. The van der Waals surface area contributed by atoms with Gasteiger partial charge in [0.1, 0.15) is 5.60 Å². The van der Waals surface area contributed by atoms with Crippen molar-refractivity contribution in [2.24, 2.45) is 5.73 Å². The third kappa shape index (κ3) is 1.10. The Hall–Kier alpha value is -0.860. The normalized spacial score (nSPS) is 31.8. The molecule has 1 aliphatic carbocycles. The summed E-state index contributed by atoms with van der Waals surface area (Å²) in [5.41, 5.74) is 7.34. The molecule has 0 saturated heterocycles. The maximum Gasteiger partial charge on any atom is 0.105 e. The van der Waals surface area contributed by atoms with Crippen molar-refractivity contribution in [3.05, 3.63) is 35.4 Å². The zero-order chi connectivity index (χ0) is 9.47. The molecular formula is C11H15NO. The predicted molar refractivity (Wildman–Crippen MR) is 52.3 cm³/mol. The molecule has 1 aromatic rings. The third-order valence-electron chi connectivity index (χ3n) is 3.08. The van der Waals surface area contributed by atoms with Gasteiger partial charge in [0, 0.05) is 6.04 Å².